The van der Waals surface area contributed by atoms with Gasteiger partial charge in [0.25, 0.3) is 0 Å². The molecule has 7 nitrogen and oxygen atoms in total. The lowest BCUT2D eigenvalue weighted by molar-refractivity contribution is -0.114. The Morgan fingerprint density at radius 3 is 2.48 bits per heavy atom. The largest absolute Gasteiger partial charge is 0.486 e. The number of ether oxygens (including phenoxy) is 2. The van der Waals surface area contributed by atoms with Crippen LogP contribution < -0.4 is 10.1 Å². The molecule has 2 aliphatic rings. The number of anilines is 1. The summed E-state index contributed by atoms with van der Waals surface area (Å²) >= 11 is 0. The van der Waals surface area contributed by atoms with Gasteiger partial charge in [-0.25, -0.2) is 4.79 Å². The lowest BCUT2D eigenvalue weighted by Gasteiger charge is -2.44. The average molecular weight is 374 g/mol. The number of fused-ring (bicyclic) bond motifs is 1. The first-order chi connectivity index (χ1) is 12.6. The van der Waals surface area contributed by atoms with Crippen molar-refractivity contribution in [1.82, 2.24) is 4.90 Å². The summed E-state index contributed by atoms with van der Waals surface area (Å²) < 4.78 is 11.7. The van der Waals surface area contributed by atoms with E-state index in [1.165, 1.54) is 6.92 Å². The molecule has 2 amide bonds. The lowest BCUT2D eigenvalue weighted by atomic mass is 9.82. The minimum atomic E-state index is -0.614. The number of ketones is 1. The number of amides is 2. The van der Waals surface area contributed by atoms with Gasteiger partial charge in [0.15, 0.2) is 5.78 Å². The molecule has 0 atom stereocenters. The SMILES string of the molecule is CC(=O)Nc1ccc2c(c1)OC1(CCN(C(=O)OC(C)(C)C)CC1)CC2=O. The molecule has 2 aliphatic heterocycles. The van der Waals surface area contributed by atoms with E-state index in [0.717, 1.165) is 0 Å². The highest BCUT2D eigenvalue weighted by atomic mass is 16.6. The van der Waals surface area contributed by atoms with E-state index in [1.54, 1.807) is 23.1 Å². The van der Waals surface area contributed by atoms with Crippen LogP contribution in [0.3, 0.4) is 0 Å². The fraction of sp³-hybridized carbons (Fsp3) is 0.550. The minimum Gasteiger partial charge on any atom is -0.486 e. The zero-order valence-corrected chi connectivity index (χ0v) is 16.3. The summed E-state index contributed by atoms with van der Waals surface area (Å²) in [6.45, 7) is 7.89. The van der Waals surface area contributed by atoms with E-state index >= 15 is 0 Å². The van der Waals surface area contributed by atoms with Gasteiger partial charge >= 0.3 is 6.09 Å². The number of carbonyl (C=O) groups is 3. The van der Waals surface area contributed by atoms with Crippen molar-refractivity contribution in [1.29, 1.82) is 0 Å². The molecule has 0 aliphatic carbocycles. The molecule has 7 heteroatoms. The van der Waals surface area contributed by atoms with Crippen molar-refractivity contribution in [2.75, 3.05) is 18.4 Å². The third kappa shape index (κ3) is 4.40. The summed E-state index contributed by atoms with van der Waals surface area (Å²) in [5, 5.41) is 2.71. The van der Waals surface area contributed by atoms with Crippen molar-refractivity contribution in [3.8, 4) is 5.75 Å². The van der Waals surface area contributed by atoms with Gasteiger partial charge in [-0.05, 0) is 32.9 Å². The van der Waals surface area contributed by atoms with E-state index in [1.807, 2.05) is 20.8 Å². The van der Waals surface area contributed by atoms with Gasteiger partial charge in [0.05, 0.1) is 12.0 Å². The molecule has 27 heavy (non-hydrogen) atoms. The summed E-state index contributed by atoms with van der Waals surface area (Å²) in [4.78, 5) is 37.8. The number of Topliss-reactive ketones (excluding diaryl/α,β-unsaturated/α-hetero) is 1. The number of hydrogen-bond acceptors (Lipinski definition) is 5. The first kappa shape index (κ1) is 19.2. The summed E-state index contributed by atoms with van der Waals surface area (Å²) in [6, 6.07) is 5.08. The molecule has 1 N–H and O–H groups in total. The van der Waals surface area contributed by atoms with Crippen LogP contribution >= 0.6 is 0 Å². The number of hydrogen-bond donors (Lipinski definition) is 1. The first-order valence-electron chi connectivity index (χ1n) is 9.19. The highest BCUT2D eigenvalue weighted by molar-refractivity contribution is 6.01. The van der Waals surface area contributed by atoms with Crippen LogP contribution in [0, 0.1) is 0 Å². The van der Waals surface area contributed by atoms with E-state index in [4.69, 9.17) is 9.47 Å². The maximum atomic E-state index is 12.6. The summed E-state index contributed by atoms with van der Waals surface area (Å²) in [7, 11) is 0. The van der Waals surface area contributed by atoms with E-state index in [0.29, 0.717) is 49.4 Å². The number of likely N-dealkylation sites (tertiary alicyclic amines) is 1. The molecular weight excluding hydrogens is 348 g/mol. The van der Waals surface area contributed by atoms with E-state index in [2.05, 4.69) is 5.32 Å². The molecule has 1 saturated heterocycles. The van der Waals surface area contributed by atoms with Gasteiger partial charge in [0.1, 0.15) is 17.0 Å². The summed E-state index contributed by atoms with van der Waals surface area (Å²) in [6.07, 6.45) is 1.07. The molecule has 0 unspecified atom stereocenters. The predicted molar refractivity (Wildman–Crippen MR) is 100 cm³/mol. The molecule has 0 aromatic heterocycles. The maximum Gasteiger partial charge on any atom is 0.410 e. The van der Waals surface area contributed by atoms with E-state index in [9.17, 15) is 14.4 Å². The van der Waals surface area contributed by atoms with Crippen LogP contribution in [0.2, 0.25) is 0 Å². The molecule has 3 rings (SSSR count). The van der Waals surface area contributed by atoms with Crippen LogP contribution in [0.25, 0.3) is 0 Å². The molecule has 1 aromatic carbocycles. The zero-order valence-electron chi connectivity index (χ0n) is 16.3. The van der Waals surface area contributed by atoms with Crippen LogP contribution in [0.1, 0.15) is 57.3 Å². The fourth-order valence-corrected chi connectivity index (χ4v) is 3.48. The normalized spacial score (nSPS) is 18.5. The smallest absolute Gasteiger partial charge is 0.410 e. The molecule has 1 aromatic rings. The third-order valence-corrected chi connectivity index (χ3v) is 4.74. The van der Waals surface area contributed by atoms with Gasteiger partial charge in [-0.3, -0.25) is 9.59 Å². The number of piperidine rings is 1. The third-order valence-electron chi connectivity index (χ3n) is 4.74. The Labute approximate surface area is 159 Å². The van der Waals surface area contributed by atoms with Crippen LogP contribution in [0.4, 0.5) is 10.5 Å². The average Bonchev–Trinajstić information content (AvgIpc) is 2.52. The standard InChI is InChI=1S/C20H26N2O5/c1-13(23)21-14-5-6-15-16(24)12-20(26-17(15)11-14)7-9-22(10-8-20)18(25)27-19(2,3)4/h5-6,11H,7-10,12H2,1-4H3,(H,21,23). The highest BCUT2D eigenvalue weighted by Gasteiger charge is 2.44. The van der Waals surface area contributed by atoms with Gasteiger partial charge in [0, 0.05) is 44.6 Å². The van der Waals surface area contributed by atoms with Gasteiger partial charge in [0.2, 0.25) is 5.91 Å². The topological polar surface area (TPSA) is 84.9 Å². The van der Waals surface area contributed by atoms with Crippen molar-refractivity contribution >= 4 is 23.5 Å². The van der Waals surface area contributed by atoms with Crippen molar-refractivity contribution in [3.05, 3.63) is 23.8 Å². The molecule has 0 bridgehead atoms. The first-order valence-corrected chi connectivity index (χ1v) is 9.19. The summed E-state index contributed by atoms with van der Waals surface area (Å²) in [5.74, 6) is 0.331. The molecule has 0 radical (unpaired) electrons. The van der Waals surface area contributed by atoms with Gasteiger partial charge < -0.3 is 19.7 Å². The Morgan fingerprint density at radius 1 is 1.22 bits per heavy atom. The monoisotopic (exact) mass is 374 g/mol. The van der Waals surface area contributed by atoms with E-state index in [-0.39, 0.29) is 17.8 Å². The Hall–Kier alpha value is -2.57. The minimum absolute atomic E-state index is 0.0244. The molecule has 146 valence electrons. The molecule has 2 heterocycles. The van der Waals surface area contributed by atoms with Crippen molar-refractivity contribution in [3.63, 3.8) is 0 Å². The quantitative estimate of drug-likeness (QED) is 0.814. The maximum absolute atomic E-state index is 12.6. The number of nitrogens with one attached hydrogen (secondary N) is 1. The lowest BCUT2D eigenvalue weighted by Crippen LogP contribution is -2.52. The number of nitrogens with zero attached hydrogens (tertiary/aromatic N) is 1. The van der Waals surface area contributed by atoms with Gasteiger partial charge in [-0.15, -0.1) is 0 Å². The van der Waals surface area contributed by atoms with Crippen LogP contribution in [-0.4, -0.2) is 47.0 Å². The molecule has 0 saturated carbocycles. The van der Waals surface area contributed by atoms with Crippen LogP contribution in [-0.2, 0) is 9.53 Å². The van der Waals surface area contributed by atoms with Crippen molar-refractivity contribution in [2.45, 2.75) is 58.2 Å². The second kappa shape index (κ2) is 6.87. The Balaban J connectivity index is 1.72. The highest BCUT2D eigenvalue weighted by Crippen LogP contribution is 2.40. The number of benzene rings is 1. The Morgan fingerprint density at radius 2 is 1.89 bits per heavy atom. The Bertz CT molecular complexity index is 773. The van der Waals surface area contributed by atoms with Crippen LogP contribution in [0.5, 0.6) is 5.75 Å². The van der Waals surface area contributed by atoms with Crippen molar-refractivity contribution in [2.24, 2.45) is 0 Å². The van der Waals surface area contributed by atoms with Gasteiger partial charge in [-0.1, -0.05) is 0 Å². The van der Waals surface area contributed by atoms with Gasteiger partial charge in [-0.2, -0.15) is 0 Å². The van der Waals surface area contributed by atoms with E-state index < -0.39 is 11.2 Å². The number of rotatable bonds is 1. The molecule has 1 fully saturated rings. The zero-order chi connectivity index (χ0) is 19.8. The predicted octanol–water partition coefficient (Wildman–Crippen LogP) is 3.38. The number of carbonyl (C=O) groups excluding carboxylic acids is 3. The Kier molecular flexibility index (Phi) is 4.88. The fourth-order valence-electron chi connectivity index (χ4n) is 3.48. The van der Waals surface area contributed by atoms with Crippen molar-refractivity contribution < 1.29 is 23.9 Å². The second-order valence-electron chi connectivity index (χ2n) is 8.24. The molecule has 1 spiro atoms. The second-order valence-corrected chi connectivity index (χ2v) is 8.24. The summed E-state index contributed by atoms with van der Waals surface area (Å²) in [5.41, 5.74) is -0.0263. The van der Waals surface area contributed by atoms with Crippen LogP contribution in [0.15, 0.2) is 18.2 Å². The molecular formula is C20H26N2O5.